The Morgan fingerprint density at radius 1 is 1.10 bits per heavy atom. The van der Waals surface area contributed by atoms with Crippen molar-refractivity contribution in [2.45, 2.75) is 24.7 Å². The molecule has 1 fully saturated rings. The minimum absolute atomic E-state index is 0.192. The Hall–Kier alpha value is -2.48. The number of halogens is 2. The zero-order valence-corrected chi connectivity index (χ0v) is 17.3. The Morgan fingerprint density at radius 2 is 1.87 bits per heavy atom. The van der Waals surface area contributed by atoms with Gasteiger partial charge in [0.05, 0.1) is 35.5 Å². The number of piperidine rings is 1. The molecule has 0 N–H and O–H groups in total. The molecule has 2 atom stereocenters. The van der Waals surface area contributed by atoms with Gasteiger partial charge in [0, 0.05) is 12.0 Å². The smallest absolute Gasteiger partial charge is 0.209 e. The standard InChI is InChI=1S/C23H21F2N3OS/c1-23-13-16-14-26-28(19-8-6-18(24)7-9-19)21(16)12-17(23)10-11-27(15-23)30(29)22-5-3-2-4-20(22)25/h2-9,12,14H,10-11,13,15H2,1H3/t23-,30?/m1/s1. The first-order valence-corrected chi connectivity index (χ1v) is 11.0. The summed E-state index contributed by atoms with van der Waals surface area (Å²) in [6.07, 6.45) is 5.54. The Labute approximate surface area is 177 Å². The van der Waals surface area contributed by atoms with Crippen LogP contribution < -0.4 is 0 Å². The Balaban J connectivity index is 1.43. The molecule has 3 aromatic rings. The van der Waals surface area contributed by atoms with E-state index in [9.17, 15) is 13.3 Å². The topological polar surface area (TPSA) is 44.1 Å². The van der Waals surface area contributed by atoms with Crippen LogP contribution in [0, 0.1) is 17.0 Å². The van der Waals surface area contributed by atoms with Crippen LogP contribution in [0.2, 0.25) is 0 Å². The molecule has 0 saturated carbocycles. The lowest BCUT2D eigenvalue weighted by Crippen LogP contribution is -2.47. The second-order valence-electron chi connectivity index (χ2n) is 8.14. The van der Waals surface area contributed by atoms with Crippen molar-refractivity contribution in [1.82, 2.24) is 14.1 Å². The molecule has 154 valence electrons. The lowest BCUT2D eigenvalue weighted by atomic mass is 9.70. The van der Waals surface area contributed by atoms with Gasteiger partial charge in [-0.15, -0.1) is 4.31 Å². The van der Waals surface area contributed by atoms with Crippen molar-refractivity contribution in [2.75, 3.05) is 13.1 Å². The zero-order chi connectivity index (χ0) is 20.9. The van der Waals surface area contributed by atoms with Crippen LogP contribution in [0.3, 0.4) is 0 Å². The molecule has 1 aliphatic heterocycles. The SMILES string of the molecule is C[C@]12Cc3cnn(-c4ccc(F)cc4)c3C=C1CCN([S+]([O-])c1ccccc1F)C2. The summed E-state index contributed by atoms with van der Waals surface area (Å²) in [5, 5.41) is 4.53. The van der Waals surface area contributed by atoms with Crippen LogP contribution in [-0.2, 0) is 17.8 Å². The summed E-state index contributed by atoms with van der Waals surface area (Å²) in [5.41, 5.74) is 4.02. The summed E-state index contributed by atoms with van der Waals surface area (Å²) < 4.78 is 44.2. The molecule has 2 heterocycles. The number of benzene rings is 2. The van der Waals surface area contributed by atoms with E-state index in [4.69, 9.17) is 0 Å². The van der Waals surface area contributed by atoms with E-state index in [1.165, 1.54) is 23.8 Å². The van der Waals surface area contributed by atoms with Crippen molar-refractivity contribution in [3.05, 3.63) is 83.2 Å². The summed E-state index contributed by atoms with van der Waals surface area (Å²) in [5.74, 6) is -0.713. The van der Waals surface area contributed by atoms with Gasteiger partial charge in [0.1, 0.15) is 5.82 Å². The molecule has 4 nitrogen and oxygen atoms in total. The van der Waals surface area contributed by atoms with E-state index in [1.807, 2.05) is 15.2 Å². The largest absolute Gasteiger partial charge is 0.593 e. The highest BCUT2D eigenvalue weighted by Gasteiger charge is 2.43. The molecule has 1 aromatic heterocycles. The van der Waals surface area contributed by atoms with Gasteiger partial charge in [-0.25, -0.2) is 13.5 Å². The molecule has 2 aromatic carbocycles. The van der Waals surface area contributed by atoms with E-state index in [1.54, 1.807) is 30.3 Å². The molecule has 0 amide bonds. The average Bonchev–Trinajstić information content (AvgIpc) is 3.13. The van der Waals surface area contributed by atoms with Crippen molar-refractivity contribution >= 4 is 17.4 Å². The second-order valence-corrected chi connectivity index (χ2v) is 9.60. The molecular weight excluding hydrogens is 404 g/mol. The van der Waals surface area contributed by atoms with Gasteiger partial charge in [-0.1, -0.05) is 24.6 Å². The summed E-state index contributed by atoms with van der Waals surface area (Å²) in [6.45, 7) is 3.35. The van der Waals surface area contributed by atoms with Crippen molar-refractivity contribution in [1.29, 1.82) is 0 Å². The van der Waals surface area contributed by atoms with Crippen LogP contribution in [0.15, 0.2) is 65.2 Å². The first-order valence-electron chi connectivity index (χ1n) is 9.90. The zero-order valence-electron chi connectivity index (χ0n) is 16.5. The maximum Gasteiger partial charge on any atom is 0.209 e. The quantitative estimate of drug-likeness (QED) is 0.580. The summed E-state index contributed by atoms with van der Waals surface area (Å²) in [7, 11) is 0. The van der Waals surface area contributed by atoms with Crippen molar-refractivity contribution in [2.24, 2.45) is 5.41 Å². The summed E-state index contributed by atoms with van der Waals surface area (Å²) in [4.78, 5) is 0.231. The van der Waals surface area contributed by atoms with Gasteiger partial charge in [0.2, 0.25) is 4.90 Å². The average molecular weight is 426 g/mol. The maximum absolute atomic E-state index is 14.1. The van der Waals surface area contributed by atoms with Crippen LogP contribution in [0.5, 0.6) is 0 Å². The fourth-order valence-corrected chi connectivity index (χ4v) is 5.82. The highest BCUT2D eigenvalue weighted by Crippen LogP contribution is 2.44. The van der Waals surface area contributed by atoms with Crippen LogP contribution in [0.25, 0.3) is 11.8 Å². The number of hydrogen-bond donors (Lipinski definition) is 0. The number of nitrogens with zero attached hydrogens (tertiary/aromatic N) is 3. The monoisotopic (exact) mass is 425 g/mol. The fraction of sp³-hybridized carbons (Fsp3) is 0.261. The molecule has 2 aliphatic rings. The third-order valence-corrected chi connectivity index (χ3v) is 7.53. The van der Waals surface area contributed by atoms with Gasteiger partial charge < -0.3 is 4.55 Å². The van der Waals surface area contributed by atoms with E-state index in [-0.39, 0.29) is 16.1 Å². The fourth-order valence-electron chi connectivity index (χ4n) is 4.45. The normalized spacial score (nSPS) is 22.2. The third-order valence-electron chi connectivity index (χ3n) is 6.04. The van der Waals surface area contributed by atoms with E-state index < -0.39 is 17.2 Å². The van der Waals surface area contributed by atoms with Gasteiger partial charge >= 0.3 is 0 Å². The summed E-state index contributed by atoms with van der Waals surface area (Å²) in [6, 6.07) is 12.6. The molecule has 1 unspecified atom stereocenters. The number of rotatable bonds is 3. The number of aromatic nitrogens is 2. The summed E-state index contributed by atoms with van der Waals surface area (Å²) >= 11 is -1.53. The maximum atomic E-state index is 14.1. The Bertz CT molecular complexity index is 1130. The first kappa shape index (κ1) is 19.5. The van der Waals surface area contributed by atoms with E-state index in [0.29, 0.717) is 13.1 Å². The highest BCUT2D eigenvalue weighted by atomic mass is 32.2. The van der Waals surface area contributed by atoms with Gasteiger partial charge in [-0.2, -0.15) is 5.10 Å². The van der Waals surface area contributed by atoms with Crippen LogP contribution >= 0.6 is 0 Å². The van der Waals surface area contributed by atoms with Gasteiger partial charge in [-0.05, 0) is 60.9 Å². The minimum atomic E-state index is -1.53. The molecule has 7 heteroatoms. The highest BCUT2D eigenvalue weighted by molar-refractivity contribution is 7.89. The Morgan fingerprint density at radius 3 is 2.63 bits per heavy atom. The molecule has 1 saturated heterocycles. The first-order chi connectivity index (χ1) is 14.4. The molecule has 30 heavy (non-hydrogen) atoms. The third kappa shape index (κ3) is 3.27. The molecular formula is C23H21F2N3OS. The molecule has 0 spiro atoms. The predicted octanol–water partition coefficient (Wildman–Crippen LogP) is 4.52. The minimum Gasteiger partial charge on any atom is -0.593 e. The molecule has 1 aliphatic carbocycles. The van der Waals surface area contributed by atoms with Crippen LogP contribution in [0.4, 0.5) is 8.78 Å². The van der Waals surface area contributed by atoms with Gasteiger partial charge in [0.25, 0.3) is 0 Å². The lowest BCUT2D eigenvalue weighted by Gasteiger charge is -2.43. The van der Waals surface area contributed by atoms with E-state index in [0.717, 1.165) is 29.8 Å². The number of fused-ring (bicyclic) bond motifs is 2. The van der Waals surface area contributed by atoms with E-state index in [2.05, 4.69) is 18.1 Å². The van der Waals surface area contributed by atoms with Gasteiger partial charge in [-0.3, -0.25) is 0 Å². The molecule has 0 bridgehead atoms. The second kappa shape index (κ2) is 7.34. The number of hydrogen-bond acceptors (Lipinski definition) is 3. The van der Waals surface area contributed by atoms with E-state index >= 15 is 0 Å². The van der Waals surface area contributed by atoms with Gasteiger partial charge in [0.15, 0.2) is 5.82 Å². The predicted molar refractivity (Wildman–Crippen MR) is 112 cm³/mol. The van der Waals surface area contributed by atoms with Crippen molar-refractivity contribution in [3.63, 3.8) is 0 Å². The molecule has 5 rings (SSSR count). The van der Waals surface area contributed by atoms with Crippen molar-refractivity contribution in [3.8, 4) is 5.69 Å². The lowest BCUT2D eigenvalue weighted by molar-refractivity contribution is 0.231. The van der Waals surface area contributed by atoms with Crippen LogP contribution in [-0.4, -0.2) is 31.7 Å². The van der Waals surface area contributed by atoms with Crippen molar-refractivity contribution < 1.29 is 13.3 Å². The van der Waals surface area contributed by atoms with Crippen LogP contribution in [0.1, 0.15) is 24.6 Å². The molecule has 0 radical (unpaired) electrons. The Kier molecular flexibility index (Phi) is 4.76.